The second kappa shape index (κ2) is 14.3. The fourth-order valence-electron chi connectivity index (χ4n) is 1.79. The van der Waals surface area contributed by atoms with E-state index in [1.807, 2.05) is 0 Å². The van der Waals surface area contributed by atoms with Crippen LogP contribution in [0.4, 0.5) is 0 Å². The SMILES string of the molecule is C.C=C(CCCCCNC(=O)CCCC(C)=O)NCC(C)=O.[HH].[HH]. The van der Waals surface area contributed by atoms with E-state index in [0.717, 1.165) is 31.4 Å². The van der Waals surface area contributed by atoms with Crippen LogP contribution in [-0.4, -0.2) is 30.6 Å². The Hall–Kier alpha value is -1.65. The van der Waals surface area contributed by atoms with Gasteiger partial charge in [0.05, 0.1) is 6.54 Å². The normalized spacial score (nSPS) is 9.55. The largest absolute Gasteiger partial charge is 0.382 e. The molecule has 0 rings (SSSR count). The van der Waals surface area contributed by atoms with Crippen molar-refractivity contribution in [1.82, 2.24) is 10.6 Å². The van der Waals surface area contributed by atoms with Crippen LogP contribution in [0.2, 0.25) is 0 Å². The van der Waals surface area contributed by atoms with Crippen molar-refractivity contribution < 1.29 is 17.2 Å². The first-order chi connectivity index (χ1) is 9.91. The maximum atomic E-state index is 11.4. The lowest BCUT2D eigenvalue weighted by Gasteiger charge is -2.08. The highest BCUT2D eigenvalue weighted by molar-refractivity contribution is 5.78. The number of rotatable bonds is 13. The van der Waals surface area contributed by atoms with Crippen LogP contribution < -0.4 is 10.6 Å². The Bertz CT molecular complexity index is 375. The molecule has 0 aliphatic heterocycles. The van der Waals surface area contributed by atoms with Gasteiger partial charge in [-0.05, 0) is 39.5 Å². The zero-order valence-electron chi connectivity index (χ0n) is 13.3. The molecular weight excluding hydrogens is 280 g/mol. The Morgan fingerprint density at radius 2 is 1.55 bits per heavy atom. The van der Waals surface area contributed by atoms with Crippen molar-refractivity contribution in [3.63, 3.8) is 0 Å². The van der Waals surface area contributed by atoms with E-state index in [2.05, 4.69) is 17.2 Å². The third-order valence-electron chi connectivity index (χ3n) is 3.00. The standard InChI is InChI=1S/C16H28N2O3.CH4.2H2/c1-13(18-12-15(3)20)8-5-4-6-11-17-16(21)10-7-9-14(2)19;;;/h18H,1,4-12H2,2-3H3,(H,17,21);1H4;2*1H. The Morgan fingerprint density at radius 1 is 0.864 bits per heavy atom. The summed E-state index contributed by atoms with van der Waals surface area (Å²) in [6.07, 6.45) is 5.30. The molecule has 0 saturated heterocycles. The minimum atomic E-state index is 0. The van der Waals surface area contributed by atoms with Crippen molar-refractivity contribution in [1.29, 1.82) is 0 Å². The highest BCUT2D eigenvalue weighted by Gasteiger charge is 2.02. The molecule has 5 heteroatoms. The predicted molar refractivity (Wildman–Crippen MR) is 94.8 cm³/mol. The molecule has 22 heavy (non-hydrogen) atoms. The molecule has 0 heterocycles. The van der Waals surface area contributed by atoms with Gasteiger partial charge in [-0.2, -0.15) is 0 Å². The maximum Gasteiger partial charge on any atom is 0.220 e. The lowest BCUT2D eigenvalue weighted by Crippen LogP contribution is -2.24. The zero-order chi connectivity index (χ0) is 16.1. The summed E-state index contributed by atoms with van der Waals surface area (Å²) in [6, 6.07) is 0. The second-order valence-corrected chi connectivity index (χ2v) is 5.38. The third-order valence-corrected chi connectivity index (χ3v) is 3.00. The van der Waals surface area contributed by atoms with Crippen LogP contribution in [0.15, 0.2) is 12.3 Å². The van der Waals surface area contributed by atoms with E-state index in [9.17, 15) is 14.4 Å². The van der Waals surface area contributed by atoms with Gasteiger partial charge >= 0.3 is 0 Å². The molecule has 0 atom stereocenters. The number of carbonyl (C=O) groups is 3. The average Bonchev–Trinajstić information content (AvgIpc) is 2.39. The number of amides is 1. The molecule has 0 aliphatic carbocycles. The predicted octanol–water partition coefficient (Wildman–Crippen LogP) is 3.24. The highest BCUT2D eigenvalue weighted by Crippen LogP contribution is 2.04. The molecule has 0 radical (unpaired) electrons. The van der Waals surface area contributed by atoms with Crippen LogP contribution in [0, 0.1) is 0 Å². The highest BCUT2D eigenvalue weighted by atomic mass is 16.1. The van der Waals surface area contributed by atoms with Crippen LogP contribution in [-0.2, 0) is 14.4 Å². The zero-order valence-corrected chi connectivity index (χ0v) is 13.3. The molecule has 0 fully saturated rings. The molecule has 0 aliphatic rings. The van der Waals surface area contributed by atoms with Crippen molar-refractivity contribution in [2.45, 2.75) is 66.2 Å². The van der Waals surface area contributed by atoms with Gasteiger partial charge in [-0.25, -0.2) is 0 Å². The molecule has 0 aromatic rings. The van der Waals surface area contributed by atoms with Crippen LogP contribution in [0.3, 0.4) is 0 Å². The molecule has 0 aromatic carbocycles. The smallest absolute Gasteiger partial charge is 0.220 e. The summed E-state index contributed by atoms with van der Waals surface area (Å²) in [5.41, 5.74) is 0.887. The third kappa shape index (κ3) is 16.4. The average molecular weight is 316 g/mol. The van der Waals surface area contributed by atoms with Gasteiger partial charge < -0.3 is 15.4 Å². The van der Waals surface area contributed by atoms with Gasteiger partial charge in [0.1, 0.15) is 11.6 Å². The van der Waals surface area contributed by atoms with E-state index >= 15 is 0 Å². The summed E-state index contributed by atoms with van der Waals surface area (Å²) >= 11 is 0. The van der Waals surface area contributed by atoms with Crippen molar-refractivity contribution in [2.24, 2.45) is 0 Å². The molecule has 0 aromatic heterocycles. The number of Topliss-reactive ketones (excluding diaryl/α,β-unsaturated/α-hetero) is 2. The molecule has 0 spiro atoms. The van der Waals surface area contributed by atoms with Gasteiger partial charge in [-0.15, -0.1) is 0 Å². The summed E-state index contributed by atoms with van der Waals surface area (Å²) in [5, 5.41) is 5.83. The molecule has 0 unspecified atom stereocenters. The maximum absolute atomic E-state index is 11.4. The van der Waals surface area contributed by atoms with E-state index in [0.29, 0.717) is 32.4 Å². The van der Waals surface area contributed by atoms with E-state index in [1.165, 1.54) is 6.92 Å². The van der Waals surface area contributed by atoms with Gasteiger partial charge in [0.2, 0.25) is 5.91 Å². The quantitative estimate of drug-likeness (QED) is 0.511. The number of carbonyl (C=O) groups excluding carboxylic acids is 3. The van der Waals surface area contributed by atoms with Gasteiger partial charge in [-0.3, -0.25) is 9.59 Å². The van der Waals surface area contributed by atoms with Gasteiger partial charge in [0.25, 0.3) is 0 Å². The van der Waals surface area contributed by atoms with Crippen molar-refractivity contribution in [3.05, 3.63) is 12.3 Å². The number of ketones is 2. The van der Waals surface area contributed by atoms with Crippen LogP contribution >= 0.6 is 0 Å². The minimum Gasteiger partial charge on any atom is -0.382 e. The summed E-state index contributed by atoms with van der Waals surface area (Å²) in [5.74, 6) is 0.244. The summed E-state index contributed by atoms with van der Waals surface area (Å²) in [6.45, 7) is 7.96. The van der Waals surface area contributed by atoms with Gasteiger partial charge in [0.15, 0.2) is 0 Å². The first kappa shape index (κ1) is 22.6. The summed E-state index contributed by atoms with van der Waals surface area (Å²) < 4.78 is 0. The number of nitrogens with one attached hydrogen (secondary N) is 2. The Labute approximate surface area is 137 Å². The van der Waals surface area contributed by atoms with Crippen molar-refractivity contribution in [3.8, 4) is 0 Å². The Balaban J connectivity index is -0.000000667. The molecule has 1 amide bonds. The van der Waals surface area contributed by atoms with Crippen LogP contribution in [0.5, 0.6) is 0 Å². The number of allylic oxidation sites excluding steroid dienone is 1. The molecule has 0 bridgehead atoms. The Kier molecular flexibility index (Phi) is 14.7. The molecular formula is C17H36N2O3. The minimum absolute atomic E-state index is 0. The topological polar surface area (TPSA) is 75.3 Å². The number of unbranched alkanes of at least 4 members (excludes halogenated alkanes) is 2. The lowest BCUT2D eigenvalue weighted by molar-refractivity contribution is -0.121. The molecule has 132 valence electrons. The van der Waals surface area contributed by atoms with Gasteiger partial charge in [0, 0.05) is 27.9 Å². The number of hydrogen-bond donors (Lipinski definition) is 2. The Morgan fingerprint density at radius 3 is 2.14 bits per heavy atom. The van der Waals surface area contributed by atoms with E-state index in [1.54, 1.807) is 6.92 Å². The molecule has 2 N–H and O–H groups in total. The van der Waals surface area contributed by atoms with Gasteiger partial charge in [-0.1, -0.05) is 20.4 Å². The van der Waals surface area contributed by atoms with E-state index in [-0.39, 0.29) is 27.8 Å². The fourth-order valence-corrected chi connectivity index (χ4v) is 1.79. The molecule has 0 saturated carbocycles. The summed E-state index contributed by atoms with van der Waals surface area (Å²) in [7, 11) is 0. The first-order valence-electron chi connectivity index (χ1n) is 7.59. The lowest BCUT2D eigenvalue weighted by atomic mass is 10.1. The van der Waals surface area contributed by atoms with Crippen LogP contribution in [0.1, 0.15) is 69.1 Å². The first-order valence-corrected chi connectivity index (χ1v) is 7.59. The van der Waals surface area contributed by atoms with E-state index in [4.69, 9.17) is 0 Å². The fraction of sp³-hybridized carbons (Fsp3) is 0.706. The van der Waals surface area contributed by atoms with Crippen LogP contribution in [0.25, 0.3) is 0 Å². The molecule has 5 nitrogen and oxygen atoms in total. The van der Waals surface area contributed by atoms with Crippen molar-refractivity contribution in [2.75, 3.05) is 13.1 Å². The van der Waals surface area contributed by atoms with Crippen molar-refractivity contribution >= 4 is 17.5 Å². The van der Waals surface area contributed by atoms with E-state index < -0.39 is 0 Å². The summed E-state index contributed by atoms with van der Waals surface area (Å²) in [4.78, 5) is 32.9. The monoisotopic (exact) mass is 316 g/mol. The number of hydrogen-bond acceptors (Lipinski definition) is 4. The second-order valence-electron chi connectivity index (χ2n) is 5.38.